The van der Waals surface area contributed by atoms with E-state index in [4.69, 9.17) is 14.2 Å². The lowest BCUT2D eigenvalue weighted by atomic mass is 10.1. The normalized spacial score (nSPS) is 11.5. The molecule has 0 aliphatic rings. The van der Waals surface area contributed by atoms with Crippen LogP contribution in [0.2, 0.25) is 0 Å². The molecule has 0 spiro atoms. The zero-order valence-electron chi connectivity index (χ0n) is 19.0. The van der Waals surface area contributed by atoms with Gasteiger partial charge in [0.2, 0.25) is 0 Å². The molecule has 0 saturated heterocycles. The van der Waals surface area contributed by atoms with Crippen molar-refractivity contribution in [1.82, 2.24) is 0 Å². The summed E-state index contributed by atoms with van der Waals surface area (Å²) in [6, 6.07) is 14.2. The van der Waals surface area contributed by atoms with Crippen molar-refractivity contribution in [2.75, 3.05) is 13.2 Å². The quantitative estimate of drug-likeness (QED) is 0.131. The van der Waals surface area contributed by atoms with Gasteiger partial charge < -0.3 is 14.2 Å². The Hall–Kier alpha value is -2.75. The summed E-state index contributed by atoms with van der Waals surface area (Å²) in [5.41, 5.74) is 0.490. The average Bonchev–Trinajstić information content (AvgIpc) is 2.80. The first-order valence-electron chi connectivity index (χ1n) is 11.4. The fourth-order valence-corrected chi connectivity index (χ4v) is 2.92. The molecule has 4 heteroatoms. The van der Waals surface area contributed by atoms with Gasteiger partial charge in [-0.3, -0.25) is 0 Å². The van der Waals surface area contributed by atoms with Gasteiger partial charge in [0.05, 0.1) is 18.8 Å². The van der Waals surface area contributed by atoms with Gasteiger partial charge in [-0.05, 0) is 73.7 Å². The van der Waals surface area contributed by atoms with Crippen LogP contribution in [0.15, 0.2) is 61.2 Å². The van der Waals surface area contributed by atoms with Gasteiger partial charge in [-0.25, -0.2) is 4.79 Å². The van der Waals surface area contributed by atoms with Gasteiger partial charge in [0.15, 0.2) is 0 Å². The van der Waals surface area contributed by atoms with Crippen LogP contribution in [0.25, 0.3) is 0 Å². The summed E-state index contributed by atoms with van der Waals surface area (Å²) in [5, 5.41) is 0. The summed E-state index contributed by atoms with van der Waals surface area (Å²) in [6.45, 7) is 9.40. The predicted octanol–water partition coefficient (Wildman–Crippen LogP) is 7.24. The third kappa shape index (κ3) is 9.73. The number of carbonyl (C=O) groups excluding carboxylic acids is 1. The van der Waals surface area contributed by atoms with E-state index < -0.39 is 5.97 Å². The molecule has 1 unspecified atom stereocenters. The van der Waals surface area contributed by atoms with Crippen molar-refractivity contribution < 1.29 is 19.0 Å². The third-order valence-corrected chi connectivity index (χ3v) is 5.18. The van der Waals surface area contributed by atoms with E-state index in [1.54, 1.807) is 36.4 Å². The summed E-state index contributed by atoms with van der Waals surface area (Å²) in [7, 11) is 0. The lowest BCUT2D eigenvalue weighted by Gasteiger charge is -2.11. The Balaban J connectivity index is 1.70. The summed E-state index contributed by atoms with van der Waals surface area (Å²) >= 11 is 0. The molecule has 2 aromatic rings. The van der Waals surface area contributed by atoms with Crippen LogP contribution in [0.5, 0.6) is 17.2 Å². The number of esters is 1. The molecule has 0 saturated carbocycles. The van der Waals surface area contributed by atoms with Crippen molar-refractivity contribution in [3.05, 3.63) is 66.7 Å². The second-order valence-corrected chi connectivity index (χ2v) is 7.90. The second-order valence-electron chi connectivity index (χ2n) is 7.90. The largest absolute Gasteiger partial charge is 0.494 e. The number of ether oxygens (including phenoxy) is 3. The highest BCUT2D eigenvalue weighted by atomic mass is 16.5. The highest BCUT2D eigenvalue weighted by Gasteiger charge is 2.09. The molecule has 2 rings (SSSR count). The minimum absolute atomic E-state index is 0.390. The van der Waals surface area contributed by atoms with Gasteiger partial charge in [-0.1, -0.05) is 45.6 Å². The van der Waals surface area contributed by atoms with E-state index in [1.165, 1.54) is 25.7 Å². The lowest BCUT2D eigenvalue weighted by Crippen LogP contribution is -2.09. The monoisotopic (exact) mass is 424 g/mol. The summed E-state index contributed by atoms with van der Waals surface area (Å²) in [4.78, 5) is 12.4. The van der Waals surface area contributed by atoms with Crippen LogP contribution in [0, 0.1) is 5.92 Å². The smallest absolute Gasteiger partial charge is 0.343 e. The summed E-state index contributed by atoms with van der Waals surface area (Å²) in [6.07, 6.45) is 10.1. The van der Waals surface area contributed by atoms with Crippen LogP contribution in [0.4, 0.5) is 0 Å². The first kappa shape index (κ1) is 24.5. The van der Waals surface area contributed by atoms with E-state index in [9.17, 15) is 4.79 Å². The van der Waals surface area contributed by atoms with Gasteiger partial charge in [0.25, 0.3) is 0 Å². The molecule has 0 amide bonds. The minimum Gasteiger partial charge on any atom is -0.494 e. The molecule has 31 heavy (non-hydrogen) atoms. The average molecular weight is 425 g/mol. The van der Waals surface area contributed by atoms with Gasteiger partial charge in [0.1, 0.15) is 17.2 Å². The van der Waals surface area contributed by atoms with Crippen LogP contribution in [-0.2, 0) is 0 Å². The molecule has 2 aromatic carbocycles. The summed E-state index contributed by atoms with van der Waals surface area (Å²) < 4.78 is 17.0. The first-order valence-corrected chi connectivity index (χ1v) is 11.4. The Labute approximate surface area is 187 Å². The van der Waals surface area contributed by atoms with E-state index in [-0.39, 0.29) is 0 Å². The zero-order valence-corrected chi connectivity index (χ0v) is 19.0. The molecular weight excluding hydrogens is 388 g/mol. The fourth-order valence-electron chi connectivity index (χ4n) is 2.92. The maximum atomic E-state index is 12.4. The molecule has 0 aliphatic heterocycles. The van der Waals surface area contributed by atoms with E-state index in [0.717, 1.165) is 30.8 Å². The SMILES string of the molecule is C=CCCCCCCCOc1ccc(OC(=O)c2ccc(OCC(C)CC)cc2)cc1. The number of hydrogen-bond donors (Lipinski definition) is 0. The van der Waals surface area contributed by atoms with Crippen molar-refractivity contribution in [1.29, 1.82) is 0 Å². The molecular formula is C27H36O4. The molecule has 1 atom stereocenters. The Morgan fingerprint density at radius 3 is 2.13 bits per heavy atom. The van der Waals surface area contributed by atoms with E-state index in [2.05, 4.69) is 20.4 Å². The van der Waals surface area contributed by atoms with Crippen molar-refractivity contribution >= 4 is 5.97 Å². The van der Waals surface area contributed by atoms with E-state index >= 15 is 0 Å². The highest BCUT2D eigenvalue weighted by molar-refractivity contribution is 5.91. The van der Waals surface area contributed by atoms with E-state index in [0.29, 0.717) is 30.4 Å². The Kier molecular flexibility index (Phi) is 11.3. The number of unbranched alkanes of at least 4 members (excludes halogenated alkanes) is 5. The fraction of sp³-hybridized carbons (Fsp3) is 0.444. The molecule has 0 heterocycles. The lowest BCUT2D eigenvalue weighted by molar-refractivity contribution is 0.0734. The van der Waals surface area contributed by atoms with Gasteiger partial charge >= 0.3 is 5.97 Å². The molecule has 0 radical (unpaired) electrons. The minimum atomic E-state index is -0.390. The van der Waals surface area contributed by atoms with E-state index in [1.807, 2.05) is 18.2 Å². The second kappa shape index (κ2) is 14.3. The molecule has 0 N–H and O–H groups in total. The van der Waals surface area contributed by atoms with Crippen molar-refractivity contribution in [2.24, 2.45) is 5.92 Å². The Bertz CT molecular complexity index is 765. The number of carbonyl (C=O) groups is 1. The van der Waals surface area contributed by atoms with Crippen molar-refractivity contribution in [3.8, 4) is 17.2 Å². The maximum absolute atomic E-state index is 12.4. The van der Waals surface area contributed by atoms with Crippen LogP contribution in [0.3, 0.4) is 0 Å². The van der Waals surface area contributed by atoms with Gasteiger partial charge in [-0.2, -0.15) is 0 Å². The number of rotatable bonds is 15. The molecule has 0 aromatic heterocycles. The zero-order chi connectivity index (χ0) is 22.3. The standard InChI is InChI=1S/C27H36O4/c1-4-6-7-8-9-10-11-20-29-24-16-18-26(19-17-24)31-27(28)23-12-14-25(15-13-23)30-21-22(3)5-2/h4,12-19,22H,1,5-11,20-21H2,2-3H3. The van der Waals surface area contributed by atoms with Gasteiger partial charge in [-0.15, -0.1) is 6.58 Å². The molecule has 0 fully saturated rings. The number of hydrogen-bond acceptors (Lipinski definition) is 4. The maximum Gasteiger partial charge on any atom is 0.343 e. The molecule has 0 aliphatic carbocycles. The number of benzene rings is 2. The predicted molar refractivity (Wildman–Crippen MR) is 126 cm³/mol. The highest BCUT2D eigenvalue weighted by Crippen LogP contribution is 2.20. The Morgan fingerprint density at radius 1 is 0.871 bits per heavy atom. The summed E-state index contributed by atoms with van der Waals surface area (Å²) in [5.74, 6) is 2.16. The van der Waals surface area contributed by atoms with Crippen LogP contribution < -0.4 is 14.2 Å². The number of allylic oxidation sites excluding steroid dienone is 1. The first-order chi connectivity index (χ1) is 15.1. The van der Waals surface area contributed by atoms with Crippen molar-refractivity contribution in [2.45, 2.75) is 58.8 Å². The Morgan fingerprint density at radius 2 is 1.45 bits per heavy atom. The van der Waals surface area contributed by atoms with Gasteiger partial charge in [0, 0.05) is 0 Å². The third-order valence-electron chi connectivity index (χ3n) is 5.18. The van der Waals surface area contributed by atoms with Crippen LogP contribution in [-0.4, -0.2) is 19.2 Å². The topological polar surface area (TPSA) is 44.8 Å². The van der Waals surface area contributed by atoms with Crippen molar-refractivity contribution in [3.63, 3.8) is 0 Å². The molecule has 4 nitrogen and oxygen atoms in total. The van der Waals surface area contributed by atoms with Crippen LogP contribution in [0.1, 0.15) is 69.2 Å². The molecule has 168 valence electrons. The van der Waals surface area contributed by atoms with Crippen LogP contribution >= 0.6 is 0 Å². The molecule has 0 bridgehead atoms.